The first-order valence-electron chi connectivity index (χ1n) is 9.94. The molecule has 0 amide bonds. The Morgan fingerprint density at radius 3 is 1.26 bits per heavy atom. The van der Waals surface area contributed by atoms with Crippen LogP contribution in [0.3, 0.4) is 0 Å². The quantitative estimate of drug-likeness (QED) is 0.223. The first-order valence-corrected chi connectivity index (χ1v) is 9.94. The van der Waals surface area contributed by atoms with Gasteiger partial charge in [0.25, 0.3) is 0 Å². The molecule has 2 rings (SSSR count). The van der Waals surface area contributed by atoms with Crippen LogP contribution in [0.4, 0.5) is 21.0 Å². The van der Waals surface area contributed by atoms with Gasteiger partial charge in [0, 0.05) is 12.1 Å². The van der Waals surface area contributed by atoms with E-state index in [0.717, 1.165) is 12.1 Å². The zero-order chi connectivity index (χ0) is 25.8. The van der Waals surface area contributed by atoms with Gasteiger partial charge in [-0.15, -0.1) is 0 Å². The van der Waals surface area contributed by atoms with Crippen molar-refractivity contribution in [1.82, 2.24) is 0 Å². The highest BCUT2D eigenvalue weighted by atomic mass is 16.7. The van der Waals surface area contributed by atoms with Gasteiger partial charge in [-0.1, -0.05) is 12.1 Å². The van der Waals surface area contributed by atoms with Gasteiger partial charge in [0.05, 0.1) is 9.85 Å². The van der Waals surface area contributed by atoms with Crippen LogP contribution in [0.1, 0.15) is 41.5 Å². The maximum absolute atomic E-state index is 11.9. The number of carbonyl (C=O) groups excluding carboxylic acids is 2. The summed E-state index contributed by atoms with van der Waals surface area (Å²) in [7, 11) is 0. The van der Waals surface area contributed by atoms with Gasteiger partial charge in [0.1, 0.15) is 11.2 Å². The summed E-state index contributed by atoms with van der Waals surface area (Å²) >= 11 is 0. The van der Waals surface area contributed by atoms with Crippen molar-refractivity contribution < 1.29 is 38.4 Å². The SMILES string of the molecule is CC(C)(C)OC(=O)Oc1ccc(-c2ccc(OC(=O)OC(C)(C)C)c([N+](=O)[O-])c2)cc1[N+](=O)[O-]. The second-order valence-electron chi connectivity index (χ2n) is 9.01. The Kier molecular flexibility index (Phi) is 7.45. The van der Waals surface area contributed by atoms with Crippen molar-refractivity contribution in [1.29, 1.82) is 0 Å². The Balaban J connectivity index is 2.39. The molecule has 0 atom stereocenters. The van der Waals surface area contributed by atoms with E-state index in [1.165, 1.54) is 24.3 Å². The Labute approximate surface area is 194 Å². The summed E-state index contributed by atoms with van der Waals surface area (Å²) in [6.45, 7) is 9.64. The number of nitro groups is 2. The van der Waals surface area contributed by atoms with Crippen molar-refractivity contribution in [2.75, 3.05) is 0 Å². The third kappa shape index (κ3) is 7.43. The average Bonchev–Trinajstić information content (AvgIpc) is 2.65. The molecule has 2 aromatic carbocycles. The van der Waals surface area contributed by atoms with Crippen molar-refractivity contribution in [3.63, 3.8) is 0 Å². The van der Waals surface area contributed by atoms with Crippen LogP contribution in [0.2, 0.25) is 0 Å². The molecular weight excluding hydrogens is 452 g/mol. The molecule has 0 aromatic heterocycles. The van der Waals surface area contributed by atoms with Crippen molar-refractivity contribution >= 4 is 23.7 Å². The fourth-order valence-electron chi connectivity index (χ4n) is 2.57. The first-order chi connectivity index (χ1) is 15.6. The van der Waals surface area contributed by atoms with Gasteiger partial charge in [-0.2, -0.15) is 0 Å². The minimum atomic E-state index is -1.12. The van der Waals surface area contributed by atoms with Crippen LogP contribution in [0, 0.1) is 20.2 Å². The van der Waals surface area contributed by atoms with Crippen molar-refractivity contribution in [2.24, 2.45) is 0 Å². The zero-order valence-corrected chi connectivity index (χ0v) is 19.4. The lowest BCUT2D eigenvalue weighted by molar-refractivity contribution is -0.385. The molecule has 182 valence electrons. The number of nitrogens with zero attached hydrogens (tertiary/aromatic N) is 2. The van der Waals surface area contributed by atoms with E-state index in [2.05, 4.69) is 0 Å². The highest BCUT2D eigenvalue weighted by Gasteiger charge is 2.26. The van der Waals surface area contributed by atoms with Crippen LogP contribution >= 0.6 is 0 Å². The maximum atomic E-state index is 11.9. The molecule has 0 fully saturated rings. The number of ether oxygens (including phenoxy) is 4. The highest BCUT2D eigenvalue weighted by molar-refractivity contribution is 5.75. The number of benzene rings is 2. The lowest BCUT2D eigenvalue weighted by Gasteiger charge is -2.19. The van der Waals surface area contributed by atoms with E-state index in [1.54, 1.807) is 41.5 Å². The molecule has 12 nitrogen and oxygen atoms in total. The number of hydrogen-bond acceptors (Lipinski definition) is 10. The Morgan fingerprint density at radius 2 is 1.00 bits per heavy atom. The van der Waals surface area contributed by atoms with Crippen molar-refractivity contribution in [3.05, 3.63) is 56.6 Å². The molecule has 0 aliphatic rings. The third-order valence-electron chi connectivity index (χ3n) is 3.81. The second kappa shape index (κ2) is 9.73. The lowest BCUT2D eigenvalue weighted by atomic mass is 10.0. The number of rotatable bonds is 5. The van der Waals surface area contributed by atoms with Gasteiger partial charge in [-0.25, -0.2) is 9.59 Å². The molecular formula is C22H24N2O10. The maximum Gasteiger partial charge on any atom is 0.514 e. The molecule has 0 radical (unpaired) electrons. The summed E-state index contributed by atoms with van der Waals surface area (Å²) < 4.78 is 19.9. The van der Waals surface area contributed by atoms with Crippen LogP contribution < -0.4 is 9.47 Å². The van der Waals surface area contributed by atoms with Crippen molar-refractivity contribution in [3.8, 4) is 22.6 Å². The third-order valence-corrected chi connectivity index (χ3v) is 3.81. The molecule has 0 bridgehead atoms. The molecule has 0 unspecified atom stereocenters. The smallest absolute Gasteiger partial charge is 0.428 e. The molecule has 0 aliphatic heterocycles. The van der Waals surface area contributed by atoms with E-state index >= 15 is 0 Å². The van der Waals surface area contributed by atoms with Crippen LogP contribution in [0.25, 0.3) is 11.1 Å². The topological polar surface area (TPSA) is 157 Å². The molecule has 0 aliphatic carbocycles. The highest BCUT2D eigenvalue weighted by Crippen LogP contribution is 2.37. The Morgan fingerprint density at radius 1 is 0.676 bits per heavy atom. The fourth-order valence-corrected chi connectivity index (χ4v) is 2.57. The summed E-state index contributed by atoms with van der Waals surface area (Å²) in [5.74, 6) is -0.718. The molecule has 0 spiro atoms. The van der Waals surface area contributed by atoms with Crippen LogP contribution in [0.15, 0.2) is 36.4 Å². The summed E-state index contributed by atoms with van der Waals surface area (Å²) in [6, 6.07) is 7.28. The fraction of sp³-hybridized carbons (Fsp3) is 0.364. The van der Waals surface area contributed by atoms with Crippen LogP contribution in [0.5, 0.6) is 11.5 Å². The molecule has 0 heterocycles. The normalized spacial score (nSPS) is 11.4. The lowest BCUT2D eigenvalue weighted by Crippen LogP contribution is -2.26. The zero-order valence-electron chi connectivity index (χ0n) is 19.4. The molecule has 0 saturated heterocycles. The minimum absolute atomic E-state index is 0.218. The van der Waals surface area contributed by atoms with Gasteiger partial charge in [-0.05, 0) is 64.8 Å². The molecule has 12 heteroatoms. The predicted molar refractivity (Wildman–Crippen MR) is 119 cm³/mol. The molecule has 34 heavy (non-hydrogen) atoms. The van der Waals surface area contributed by atoms with E-state index in [4.69, 9.17) is 18.9 Å². The molecule has 0 saturated carbocycles. The summed E-state index contributed by atoms with van der Waals surface area (Å²) in [5.41, 5.74) is -2.41. The molecule has 0 N–H and O–H groups in total. The van der Waals surface area contributed by atoms with E-state index < -0.39 is 44.7 Å². The van der Waals surface area contributed by atoms with Gasteiger partial charge < -0.3 is 18.9 Å². The number of hydrogen-bond donors (Lipinski definition) is 0. The van der Waals surface area contributed by atoms with Gasteiger partial charge in [0.2, 0.25) is 11.5 Å². The van der Waals surface area contributed by atoms with E-state index in [9.17, 15) is 29.8 Å². The summed E-state index contributed by atoms with van der Waals surface area (Å²) in [6.07, 6.45) is -2.25. The standard InChI is InChI=1S/C22H24N2O10/c1-21(2,3)33-19(25)31-17-9-7-13(11-15(17)23(27)28)14-8-10-18(16(12-14)24(29)30)32-20(26)34-22(4,5)6/h7-12H,1-6H3. The van der Waals surface area contributed by atoms with E-state index in [0.29, 0.717) is 0 Å². The average molecular weight is 476 g/mol. The second-order valence-corrected chi connectivity index (χ2v) is 9.01. The minimum Gasteiger partial charge on any atom is -0.428 e. The van der Waals surface area contributed by atoms with Gasteiger partial charge >= 0.3 is 23.7 Å². The monoisotopic (exact) mass is 476 g/mol. The summed E-state index contributed by atoms with van der Waals surface area (Å²) in [5, 5.41) is 23.1. The largest absolute Gasteiger partial charge is 0.514 e. The van der Waals surface area contributed by atoms with Gasteiger partial charge in [0.15, 0.2) is 0 Å². The van der Waals surface area contributed by atoms with E-state index in [-0.39, 0.29) is 22.6 Å². The van der Waals surface area contributed by atoms with Gasteiger partial charge in [-0.3, -0.25) is 20.2 Å². The number of nitro benzene ring substituents is 2. The molecule has 2 aromatic rings. The van der Waals surface area contributed by atoms with Crippen LogP contribution in [-0.2, 0) is 9.47 Å². The summed E-state index contributed by atoms with van der Waals surface area (Å²) in [4.78, 5) is 45.3. The Hall–Kier alpha value is -4.22. The van der Waals surface area contributed by atoms with E-state index in [1.807, 2.05) is 0 Å². The predicted octanol–water partition coefficient (Wildman–Crippen LogP) is 5.80. The Bertz CT molecular complexity index is 1040. The number of carbonyl (C=O) groups is 2. The van der Waals surface area contributed by atoms with Crippen molar-refractivity contribution in [2.45, 2.75) is 52.7 Å². The first kappa shape index (κ1) is 26.0. The van der Waals surface area contributed by atoms with Crippen LogP contribution in [-0.4, -0.2) is 33.4 Å².